The fourth-order valence-electron chi connectivity index (χ4n) is 2.21. The van der Waals surface area contributed by atoms with E-state index in [1.165, 1.54) is 12.1 Å². The van der Waals surface area contributed by atoms with Crippen molar-refractivity contribution in [1.29, 1.82) is 0 Å². The predicted molar refractivity (Wildman–Crippen MR) is 98.2 cm³/mol. The maximum atomic E-state index is 12.9. The van der Waals surface area contributed by atoms with E-state index in [-0.39, 0.29) is 5.82 Å². The average molecular weight is 374 g/mol. The number of hydrogen-bond acceptors (Lipinski definition) is 4. The van der Waals surface area contributed by atoms with Crippen molar-refractivity contribution in [2.24, 2.45) is 4.99 Å². The minimum Gasteiger partial charge on any atom is -0.352 e. The Hall–Kier alpha value is -2.93. The molecule has 2 aromatic carbocycles. The first-order chi connectivity index (χ1) is 12.6. The summed E-state index contributed by atoms with van der Waals surface area (Å²) in [7, 11) is 1.66. The van der Waals surface area contributed by atoms with E-state index in [1.807, 2.05) is 12.1 Å². The van der Waals surface area contributed by atoms with Gasteiger partial charge in [-0.25, -0.2) is 4.39 Å². The lowest BCUT2D eigenvalue weighted by Crippen LogP contribution is -2.36. The third-order valence-electron chi connectivity index (χ3n) is 3.57. The van der Waals surface area contributed by atoms with Gasteiger partial charge in [0.2, 0.25) is 11.7 Å². The van der Waals surface area contributed by atoms with Crippen LogP contribution in [-0.2, 0) is 13.1 Å². The molecule has 0 aliphatic rings. The molecule has 3 rings (SSSR count). The quantitative estimate of drug-likeness (QED) is 0.529. The monoisotopic (exact) mass is 373 g/mol. The van der Waals surface area contributed by atoms with Gasteiger partial charge in [-0.1, -0.05) is 28.9 Å². The van der Waals surface area contributed by atoms with E-state index in [0.717, 1.165) is 11.1 Å². The van der Waals surface area contributed by atoms with Gasteiger partial charge in [0.05, 0.1) is 6.54 Å². The second-order valence-electron chi connectivity index (χ2n) is 5.42. The van der Waals surface area contributed by atoms with Crippen LogP contribution >= 0.6 is 11.6 Å². The molecule has 0 bridgehead atoms. The standard InChI is InChI=1S/C18H17ClFN5O/c1-21-18(22-10-12-2-8-15(20)9-3-12)23-11-16-24-17(25-26-16)13-4-6-14(19)7-5-13/h2-9H,10-11H2,1H3,(H2,21,22,23). The van der Waals surface area contributed by atoms with E-state index < -0.39 is 0 Å². The summed E-state index contributed by atoms with van der Waals surface area (Å²) in [6.07, 6.45) is 0. The molecule has 1 aromatic heterocycles. The van der Waals surface area contributed by atoms with Crippen LogP contribution in [0.3, 0.4) is 0 Å². The Labute approximate surface area is 155 Å². The van der Waals surface area contributed by atoms with Crippen LogP contribution in [0, 0.1) is 5.82 Å². The maximum Gasteiger partial charge on any atom is 0.246 e. The van der Waals surface area contributed by atoms with Crippen molar-refractivity contribution >= 4 is 17.6 Å². The van der Waals surface area contributed by atoms with Crippen LogP contribution in [0.5, 0.6) is 0 Å². The molecule has 6 nitrogen and oxygen atoms in total. The SMILES string of the molecule is CN=C(NCc1ccc(F)cc1)NCc1nc(-c2ccc(Cl)cc2)no1. The van der Waals surface area contributed by atoms with E-state index in [0.29, 0.717) is 35.8 Å². The van der Waals surface area contributed by atoms with Crippen molar-refractivity contribution in [3.05, 3.63) is 70.8 Å². The summed E-state index contributed by atoms with van der Waals surface area (Å²) in [5, 5.41) is 10.8. The summed E-state index contributed by atoms with van der Waals surface area (Å²) in [5.74, 6) is 1.23. The van der Waals surface area contributed by atoms with Gasteiger partial charge >= 0.3 is 0 Å². The van der Waals surface area contributed by atoms with Gasteiger partial charge in [-0.3, -0.25) is 4.99 Å². The number of guanidine groups is 1. The molecular formula is C18H17ClFN5O. The van der Waals surface area contributed by atoms with E-state index in [2.05, 4.69) is 25.8 Å². The molecule has 0 radical (unpaired) electrons. The number of aliphatic imine (C=N–C) groups is 1. The van der Waals surface area contributed by atoms with Crippen molar-refractivity contribution in [3.8, 4) is 11.4 Å². The van der Waals surface area contributed by atoms with Gasteiger partial charge in [0, 0.05) is 24.2 Å². The van der Waals surface area contributed by atoms with Crippen molar-refractivity contribution in [2.75, 3.05) is 7.05 Å². The summed E-state index contributed by atoms with van der Waals surface area (Å²) in [5.41, 5.74) is 1.76. The first-order valence-electron chi connectivity index (χ1n) is 7.91. The lowest BCUT2D eigenvalue weighted by atomic mass is 10.2. The number of aromatic nitrogens is 2. The van der Waals surface area contributed by atoms with Crippen LogP contribution in [0.15, 0.2) is 58.0 Å². The van der Waals surface area contributed by atoms with Crippen molar-refractivity contribution in [3.63, 3.8) is 0 Å². The van der Waals surface area contributed by atoms with Crippen molar-refractivity contribution in [1.82, 2.24) is 20.8 Å². The van der Waals surface area contributed by atoms with Crippen LogP contribution in [0.2, 0.25) is 5.02 Å². The molecule has 0 fully saturated rings. The summed E-state index contributed by atoms with van der Waals surface area (Å²) >= 11 is 5.87. The number of hydrogen-bond donors (Lipinski definition) is 2. The molecule has 2 N–H and O–H groups in total. The summed E-state index contributed by atoms with van der Waals surface area (Å²) < 4.78 is 18.2. The summed E-state index contributed by atoms with van der Waals surface area (Å²) in [4.78, 5) is 8.46. The highest BCUT2D eigenvalue weighted by Crippen LogP contribution is 2.18. The Morgan fingerprint density at radius 3 is 2.46 bits per heavy atom. The first-order valence-corrected chi connectivity index (χ1v) is 8.29. The van der Waals surface area contributed by atoms with E-state index in [4.69, 9.17) is 16.1 Å². The van der Waals surface area contributed by atoms with Gasteiger partial charge < -0.3 is 15.2 Å². The molecule has 0 unspecified atom stereocenters. The molecule has 1 heterocycles. The molecule has 134 valence electrons. The average Bonchev–Trinajstić information content (AvgIpc) is 3.13. The molecule has 0 atom stereocenters. The smallest absolute Gasteiger partial charge is 0.246 e. The predicted octanol–water partition coefficient (Wildman–Crippen LogP) is 3.39. The fourth-order valence-corrected chi connectivity index (χ4v) is 2.34. The zero-order valence-electron chi connectivity index (χ0n) is 14.0. The Morgan fingerprint density at radius 1 is 1.08 bits per heavy atom. The van der Waals surface area contributed by atoms with Crippen LogP contribution in [0.1, 0.15) is 11.5 Å². The molecule has 0 spiro atoms. The van der Waals surface area contributed by atoms with Crippen LogP contribution in [0.4, 0.5) is 4.39 Å². The first kappa shape index (κ1) is 17.9. The molecule has 8 heteroatoms. The Morgan fingerprint density at radius 2 is 1.77 bits per heavy atom. The summed E-state index contributed by atoms with van der Waals surface area (Å²) in [6, 6.07) is 13.5. The highest BCUT2D eigenvalue weighted by molar-refractivity contribution is 6.30. The molecule has 26 heavy (non-hydrogen) atoms. The maximum absolute atomic E-state index is 12.9. The molecule has 0 amide bonds. The molecule has 0 aliphatic carbocycles. The summed E-state index contributed by atoms with van der Waals surface area (Å²) in [6.45, 7) is 0.837. The number of benzene rings is 2. The van der Waals surface area contributed by atoms with E-state index in [1.54, 1.807) is 31.3 Å². The minimum absolute atomic E-state index is 0.260. The second-order valence-corrected chi connectivity index (χ2v) is 5.86. The lowest BCUT2D eigenvalue weighted by Gasteiger charge is -2.10. The normalized spacial score (nSPS) is 11.4. The molecule has 0 saturated heterocycles. The Bertz CT molecular complexity index is 877. The van der Waals surface area contributed by atoms with Crippen molar-refractivity contribution < 1.29 is 8.91 Å². The van der Waals surface area contributed by atoms with Gasteiger partial charge in [0.25, 0.3) is 0 Å². The number of halogens is 2. The lowest BCUT2D eigenvalue weighted by molar-refractivity contribution is 0.375. The fraction of sp³-hybridized carbons (Fsp3) is 0.167. The number of rotatable bonds is 5. The van der Waals surface area contributed by atoms with Gasteiger partial charge in [-0.05, 0) is 42.0 Å². The van der Waals surface area contributed by atoms with Gasteiger partial charge in [-0.2, -0.15) is 4.98 Å². The minimum atomic E-state index is -0.260. The molecular weight excluding hydrogens is 357 g/mol. The Kier molecular flexibility index (Phi) is 5.80. The highest BCUT2D eigenvalue weighted by Gasteiger charge is 2.09. The molecule has 3 aromatic rings. The zero-order chi connectivity index (χ0) is 18.4. The number of nitrogens with one attached hydrogen (secondary N) is 2. The van der Waals surface area contributed by atoms with Crippen LogP contribution in [0.25, 0.3) is 11.4 Å². The van der Waals surface area contributed by atoms with Gasteiger partial charge in [0.1, 0.15) is 5.82 Å². The number of nitrogens with zero attached hydrogens (tertiary/aromatic N) is 3. The third-order valence-corrected chi connectivity index (χ3v) is 3.83. The molecule has 0 saturated carbocycles. The van der Waals surface area contributed by atoms with Crippen molar-refractivity contribution in [2.45, 2.75) is 13.1 Å². The van der Waals surface area contributed by atoms with E-state index >= 15 is 0 Å². The van der Waals surface area contributed by atoms with E-state index in [9.17, 15) is 4.39 Å². The highest BCUT2D eigenvalue weighted by atomic mass is 35.5. The zero-order valence-corrected chi connectivity index (χ0v) is 14.8. The second kappa shape index (κ2) is 8.44. The van der Waals surface area contributed by atoms with Gasteiger partial charge in [-0.15, -0.1) is 0 Å². The van der Waals surface area contributed by atoms with Crippen LogP contribution < -0.4 is 10.6 Å². The topological polar surface area (TPSA) is 75.3 Å². The largest absolute Gasteiger partial charge is 0.352 e. The third kappa shape index (κ3) is 4.80. The van der Waals surface area contributed by atoms with Gasteiger partial charge in [0.15, 0.2) is 5.96 Å². The molecule has 0 aliphatic heterocycles. The Balaban J connectivity index is 1.54. The van der Waals surface area contributed by atoms with Crippen LogP contribution in [-0.4, -0.2) is 23.1 Å².